The Hall–Kier alpha value is -1.74. The summed E-state index contributed by atoms with van der Waals surface area (Å²) >= 11 is 0. The third-order valence-electron chi connectivity index (χ3n) is 2.77. The molecule has 22 heavy (non-hydrogen) atoms. The van der Waals surface area contributed by atoms with Gasteiger partial charge in [0.2, 0.25) is 10.0 Å². The third-order valence-corrected chi connectivity index (χ3v) is 4.31. The number of amides is 1. The van der Waals surface area contributed by atoms with Crippen molar-refractivity contribution in [3.8, 4) is 0 Å². The predicted octanol–water partition coefficient (Wildman–Crippen LogP) is 0.827. The molecule has 0 aliphatic heterocycles. The lowest BCUT2D eigenvalue weighted by Crippen LogP contribution is -2.34. The smallest absolute Gasteiger partial charge is 0.271 e. The zero-order valence-electron chi connectivity index (χ0n) is 12.6. The van der Waals surface area contributed by atoms with E-state index in [1.807, 2.05) is 0 Å². The minimum absolute atomic E-state index is 0.0704. The molecular weight excluding hydrogens is 308 g/mol. The molecule has 0 heterocycles. The number of likely N-dealkylation sites (N-methyl/N-ethyl adjacent to an activating group) is 1. The van der Waals surface area contributed by atoms with Crippen molar-refractivity contribution in [2.75, 3.05) is 27.3 Å². The Morgan fingerprint density at radius 1 is 1.41 bits per heavy atom. The lowest BCUT2D eigenvalue weighted by atomic mass is 10.2. The van der Waals surface area contributed by atoms with Gasteiger partial charge in [-0.1, -0.05) is 36.4 Å². The van der Waals surface area contributed by atoms with Crippen LogP contribution in [-0.2, 0) is 24.4 Å². The van der Waals surface area contributed by atoms with Gasteiger partial charge in [-0.3, -0.25) is 9.63 Å². The number of hydrogen-bond acceptors (Lipinski definition) is 5. The van der Waals surface area contributed by atoms with E-state index in [9.17, 15) is 13.2 Å². The Morgan fingerprint density at radius 3 is 2.59 bits per heavy atom. The molecule has 7 nitrogen and oxygen atoms in total. The van der Waals surface area contributed by atoms with E-state index in [0.29, 0.717) is 5.56 Å². The number of hydrogen-bond donors (Lipinski definition) is 1. The van der Waals surface area contributed by atoms with E-state index in [1.165, 1.54) is 20.2 Å². The summed E-state index contributed by atoms with van der Waals surface area (Å²) in [5.74, 6) is -0.498. The van der Waals surface area contributed by atoms with E-state index in [2.05, 4.69) is 11.3 Å². The van der Waals surface area contributed by atoms with Crippen LogP contribution < -0.4 is 4.72 Å². The number of hydroxylamine groups is 2. The maximum atomic E-state index is 12.3. The molecular formula is C14H20N2O5S. The molecule has 1 aromatic rings. The summed E-state index contributed by atoms with van der Waals surface area (Å²) in [5.41, 5.74) is -0.880. The van der Waals surface area contributed by atoms with Gasteiger partial charge < -0.3 is 4.74 Å². The van der Waals surface area contributed by atoms with Gasteiger partial charge in [-0.05, 0) is 5.56 Å². The van der Waals surface area contributed by atoms with E-state index in [-0.39, 0.29) is 6.54 Å². The Labute approximate surface area is 130 Å². The van der Waals surface area contributed by atoms with Crippen LogP contribution in [0, 0.1) is 0 Å². The quantitative estimate of drug-likeness (QED) is 0.536. The molecule has 0 radical (unpaired) electrons. The van der Waals surface area contributed by atoms with Gasteiger partial charge in [0.25, 0.3) is 5.91 Å². The average Bonchev–Trinajstić information content (AvgIpc) is 2.53. The molecule has 0 saturated carbocycles. The number of nitrogens with zero attached hydrogens (tertiary/aromatic N) is 1. The number of carbonyl (C=O) groups excluding carboxylic acids is 1. The molecule has 122 valence electrons. The molecule has 0 spiro atoms. The SMILES string of the molecule is C=CCNS(=O)(=O)C(OCC(=O)N(C)OC)c1ccccc1. The van der Waals surface area contributed by atoms with Gasteiger partial charge in [-0.2, -0.15) is 0 Å². The summed E-state index contributed by atoms with van der Waals surface area (Å²) in [6.45, 7) is 3.10. The minimum Gasteiger partial charge on any atom is -0.346 e. The molecule has 1 N–H and O–H groups in total. The highest BCUT2D eigenvalue weighted by Crippen LogP contribution is 2.22. The van der Waals surface area contributed by atoms with E-state index in [4.69, 9.17) is 9.57 Å². The highest BCUT2D eigenvalue weighted by atomic mass is 32.2. The molecule has 0 bridgehead atoms. The van der Waals surface area contributed by atoms with Gasteiger partial charge in [0.15, 0.2) is 5.44 Å². The highest BCUT2D eigenvalue weighted by Gasteiger charge is 2.28. The molecule has 0 aliphatic carbocycles. The van der Waals surface area contributed by atoms with Gasteiger partial charge in [0.1, 0.15) is 6.61 Å². The second-order valence-corrected chi connectivity index (χ2v) is 6.12. The van der Waals surface area contributed by atoms with Gasteiger partial charge in [0, 0.05) is 13.6 Å². The summed E-state index contributed by atoms with van der Waals surface area (Å²) in [4.78, 5) is 16.4. The van der Waals surface area contributed by atoms with Crippen molar-refractivity contribution in [3.63, 3.8) is 0 Å². The van der Waals surface area contributed by atoms with Gasteiger partial charge in [-0.25, -0.2) is 18.2 Å². The standard InChI is InChI=1S/C14H20N2O5S/c1-4-10-15-22(18,19)14(12-8-6-5-7-9-12)21-11-13(17)16(2)20-3/h4-9,14-15H,1,10-11H2,2-3H3. The first-order chi connectivity index (χ1) is 10.4. The maximum absolute atomic E-state index is 12.3. The second kappa shape index (κ2) is 8.64. The molecule has 8 heteroatoms. The van der Waals surface area contributed by atoms with Crippen LogP contribution in [0.25, 0.3) is 0 Å². The normalized spacial score (nSPS) is 12.6. The largest absolute Gasteiger partial charge is 0.346 e. The molecule has 1 unspecified atom stereocenters. The fourth-order valence-electron chi connectivity index (χ4n) is 1.57. The predicted molar refractivity (Wildman–Crippen MR) is 82.0 cm³/mol. The van der Waals surface area contributed by atoms with E-state index >= 15 is 0 Å². The van der Waals surface area contributed by atoms with Crippen LogP contribution in [0.3, 0.4) is 0 Å². The van der Waals surface area contributed by atoms with Crippen LogP contribution in [-0.4, -0.2) is 46.7 Å². The Morgan fingerprint density at radius 2 is 2.05 bits per heavy atom. The number of sulfonamides is 1. The second-order valence-electron chi connectivity index (χ2n) is 4.31. The summed E-state index contributed by atoms with van der Waals surface area (Å²) in [6, 6.07) is 8.37. The molecule has 1 rings (SSSR count). The molecule has 0 fully saturated rings. The van der Waals surface area contributed by atoms with Crippen molar-refractivity contribution in [1.29, 1.82) is 0 Å². The highest BCUT2D eigenvalue weighted by molar-refractivity contribution is 7.89. The Kier molecular flexibility index (Phi) is 7.19. The molecule has 1 atom stereocenters. The Balaban J connectivity index is 2.93. The summed E-state index contributed by atoms with van der Waals surface area (Å²) < 4.78 is 32.3. The van der Waals surface area contributed by atoms with Crippen molar-refractivity contribution < 1.29 is 22.8 Å². The average molecular weight is 328 g/mol. The first kappa shape index (κ1) is 18.3. The van der Waals surface area contributed by atoms with Crippen molar-refractivity contribution in [3.05, 3.63) is 48.6 Å². The number of benzene rings is 1. The zero-order chi connectivity index (χ0) is 16.6. The van der Waals surface area contributed by atoms with Gasteiger partial charge in [-0.15, -0.1) is 6.58 Å². The lowest BCUT2D eigenvalue weighted by molar-refractivity contribution is -0.174. The number of ether oxygens (including phenoxy) is 1. The first-order valence-electron chi connectivity index (χ1n) is 6.49. The van der Waals surface area contributed by atoms with Gasteiger partial charge in [0.05, 0.1) is 7.11 Å². The number of carbonyl (C=O) groups is 1. The van der Waals surface area contributed by atoms with E-state index < -0.39 is 28.0 Å². The zero-order valence-corrected chi connectivity index (χ0v) is 13.4. The van der Waals surface area contributed by atoms with Crippen LogP contribution in [0.2, 0.25) is 0 Å². The first-order valence-corrected chi connectivity index (χ1v) is 8.03. The van der Waals surface area contributed by atoms with Crippen LogP contribution in [0.15, 0.2) is 43.0 Å². The fourth-order valence-corrected chi connectivity index (χ4v) is 2.83. The molecule has 1 aromatic carbocycles. The molecule has 0 saturated heterocycles. The number of rotatable bonds is 9. The van der Waals surface area contributed by atoms with E-state index in [0.717, 1.165) is 5.06 Å². The maximum Gasteiger partial charge on any atom is 0.271 e. The lowest BCUT2D eigenvalue weighted by Gasteiger charge is -2.20. The topological polar surface area (TPSA) is 84.9 Å². The molecule has 0 aromatic heterocycles. The van der Waals surface area contributed by atoms with Crippen LogP contribution >= 0.6 is 0 Å². The minimum atomic E-state index is -3.82. The number of nitrogens with one attached hydrogen (secondary N) is 1. The van der Waals surface area contributed by atoms with Crippen molar-refractivity contribution in [2.24, 2.45) is 0 Å². The van der Waals surface area contributed by atoms with Crippen LogP contribution in [0.5, 0.6) is 0 Å². The van der Waals surface area contributed by atoms with Gasteiger partial charge >= 0.3 is 0 Å². The summed E-state index contributed by atoms with van der Waals surface area (Å²) in [7, 11) is -1.08. The Bertz CT molecular complexity index is 589. The van der Waals surface area contributed by atoms with Crippen molar-refractivity contribution in [1.82, 2.24) is 9.79 Å². The van der Waals surface area contributed by atoms with Crippen molar-refractivity contribution in [2.45, 2.75) is 5.44 Å². The third kappa shape index (κ3) is 5.23. The summed E-state index contributed by atoms with van der Waals surface area (Å²) in [5, 5.41) is 0.964. The monoisotopic (exact) mass is 328 g/mol. The van der Waals surface area contributed by atoms with Crippen molar-refractivity contribution >= 4 is 15.9 Å². The summed E-state index contributed by atoms with van der Waals surface area (Å²) in [6.07, 6.45) is 1.42. The van der Waals surface area contributed by atoms with Crippen LogP contribution in [0.4, 0.5) is 0 Å². The van der Waals surface area contributed by atoms with Crippen LogP contribution in [0.1, 0.15) is 11.0 Å². The fraction of sp³-hybridized carbons (Fsp3) is 0.357. The molecule has 1 amide bonds. The molecule has 0 aliphatic rings. The van der Waals surface area contributed by atoms with E-state index in [1.54, 1.807) is 30.3 Å².